The van der Waals surface area contributed by atoms with Crippen molar-refractivity contribution in [1.29, 1.82) is 0 Å². The van der Waals surface area contributed by atoms with Gasteiger partial charge in [0.2, 0.25) is 0 Å². The fourth-order valence-electron chi connectivity index (χ4n) is 1.17. The number of alkyl halides is 4. The van der Waals surface area contributed by atoms with Gasteiger partial charge in [0.05, 0.1) is 5.56 Å². The van der Waals surface area contributed by atoms with Gasteiger partial charge in [0.15, 0.2) is 0 Å². The van der Waals surface area contributed by atoms with Gasteiger partial charge < -0.3 is 5.11 Å². The van der Waals surface area contributed by atoms with Crippen LogP contribution in [0.4, 0.5) is 13.2 Å². The number of hydrogen-bond donors (Lipinski definition) is 1. The predicted octanol–water partition coefficient (Wildman–Crippen LogP) is 3.10. The molecule has 1 aromatic rings. The van der Waals surface area contributed by atoms with Crippen LogP contribution in [0.5, 0.6) is 0 Å². The first-order chi connectivity index (χ1) is 7.30. The van der Waals surface area contributed by atoms with Crippen molar-refractivity contribution in [3.63, 3.8) is 0 Å². The molecule has 1 atom stereocenters. The number of rotatable bonds is 3. The molecular weight excluding hydrogens is 289 g/mol. The van der Waals surface area contributed by atoms with Crippen LogP contribution in [0.25, 0.3) is 0 Å². The third kappa shape index (κ3) is 3.52. The first kappa shape index (κ1) is 13.0. The van der Waals surface area contributed by atoms with E-state index in [-0.39, 0.29) is 6.42 Å². The third-order valence-corrected chi connectivity index (χ3v) is 2.65. The van der Waals surface area contributed by atoms with E-state index in [1.807, 2.05) is 0 Å². The van der Waals surface area contributed by atoms with Gasteiger partial charge in [-0.05, 0) is 18.1 Å². The van der Waals surface area contributed by atoms with Crippen LogP contribution in [0.1, 0.15) is 11.1 Å². The van der Waals surface area contributed by atoms with Crippen molar-refractivity contribution in [2.24, 2.45) is 0 Å². The normalized spacial score (nSPS) is 13.5. The molecule has 0 amide bonds. The zero-order chi connectivity index (χ0) is 12.3. The van der Waals surface area contributed by atoms with E-state index < -0.39 is 22.5 Å². The molecule has 1 rings (SSSR count). The van der Waals surface area contributed by atoms with E-state index >= 15 is 0 Å². The van der Waals surface area contributed by atoms with Crippen LogP contribution in [-0.2, 0) is 17.4 Å². The molecule has 88 valence electrons. The molecule has 1 N–H and O–H groups in total. The van der Waals surface area contributed by atoms with Crippen LogP contribution in [0.3, 0.4) is 0 Å². The van der Waals surface area contributed by atoms with Crippen molar-refractivity contribution >= 4 is 21.9 Å². The Bertz CT molecular complexity index is 390. The van der Waals surface area contributed by atoms with Gasteiger partial charge in [-0.3, -0.25) is 4.79 Å². The summed E-state index contributed by atoms with van der Waals surface area (Å²) in [7, 11) is 0. The van der Waals surface area contributed by atoms with E-state index in [1.165, 1.54) is 12.1 Å². The first-order valence-electron chi connectivity index (χ1n) is 4.33. The lowest BCUT2D eigenvalue weighted by Crippen LogP contribution is -2.16. The Labute approximate surface area is 98.2 Å². The lowest BCUT2D eigenvalue weighted by atomic mass is 10.1. The Kier molecular flexibility index (Phi) is 3.96. The number of benzene rings is 1. The van der Waals surface area contributed by atoms with Gasteiger partial charge in [-0.2, -0.15) is 13.2 Å². The van der Waals surface area contributed by atoms with Crippen LogP contribution in [-0.4, -0.2) is 15.9 Å². The van der Waals surface area contributed by atoms with Crippen molar-refractivity contribution in [3.05, 3.63) is 35.4 Å². The largest absolute Gasteiger partial charge is 0.480 e. The molecule has 0 saturated carbocycles. The summed E-state index contributed by atoms with van der Waals surface area (Å²) in [5.74, 6) is -1.10. The molecule has 0 bridgehead atoms. The van der Waals surface area contributed by atoms with Crippen molar-refractivity contribution in [3.8, 4) is 0 Å². The summed E-state index contributed by atoms with van der Waals surface area (Å²) < 4.78 is 37.0. The highest BCUT2D eigenvalue weighted by molar-refractivity contribution is 9.10. The number of aliphatic carboxylic acids is 1. The smallest absolute Gasteiger partial charge is 0.416 e. The summed E-state index contributed by atoms with van der Waals surface area (Å²) in [5, 5.41) is 8.60. The highest BCUT2D eigenvalue weighted by Gasteiger charge is 2.30. The van der Waals surface area contributed by atoms with Gasteiger partial charge in [0.25, 0.3) is 0 Å². The maximum atomic E-state index is 12.3. The third-order valence-electron chi connectivity index (χ3n) is 1.94. The topological polar surface area (TPSA) is 37.3 Å². The molecule has 0 saturated heterocycles. The molecule has 0 aliphatic carbocycles. The molecule has 16 heavy (non-hydrogen) atoms. The molecule has 0 unspecified atom stereocenters. The molecule has 0 aliphatic heterocycles. The van der Waals surface area contributed by atoms with Gasteiger partial charge in [-0.25, -0.2) is 0 Å². The Morgan fingerprint density at radius 2 is 2.06 bits per heavy atom. The average Bonchev–Trinajstić information content (AvgIpc) is 2.16. The van der Waals surface area contributed by atoms with Crippen molar-refractivity contribution in [2.45, 2.75) is 17.4 Å². The minimum absolute atomic E-state index is 0.0131. The van der Waals surface area contributed by atoms with Crippen LogP contribution in [0.2, 0.25) is 0 Å². The zero-order valence-electron chi connectivity index (χ0n) is 7.96. The SMILES string of the molecule is O=C(O)[C@H](Br)Cc1cccc(C(F)(F)F)c1. The summed E-state index contributed by atoms with van der Waals surface area (Å²) in [4.78, 5) is 9.64. The molecule has 1 aromatic carbocycles. The van der Waals surface area contributed by atoms with E-state index in [2.05, 4.69) is 15.9 Å². The number of carboxylic acids is 1. The first-order valence-corrected chi connectivity index (χ1v) is 5.25. The summed E-state index contributed by atoms with van der Waals surface area (Å²) >= 11 is 2.87. The summed E-state index contributed by atoms with van der Waals surface area (Å²) in [6.45, 7) is 0. The van der Waals surface area contributed by atoms with Gasteiger partial charge >= 0.3 is 12.1 Å². The van der Waals surface area contributed by atoms with Gasteiger partial charge in [0, 0.05) is 0 Å². The summed E-state index contributed by atoms with van der Waals surface area (Å²) in [5.41, 5.74) is -0.436. The molecule has 0 spiro atoms. The maximum Gasteiger partial charge on any atom is 0.416 e. The molecule has 0 heterocycles. The van der Waals surface area contributed by atoms with Gasteiger partial charge in [-0.1, -0.05) is 34.1 Å². The standard InChI is InChI=1S/C10H8BrF3O2/c11-8(9(15)16)5-6-2-1-3-7(4-6)10(12,13)14/h1-4,8H,5H2,(H,15,16)/t8-/m1/s1. The fourth-order valence-corrected chi connectivity index (χ4v) is 1.54. The number of carboxylic acid groups (broad SMARTS) is 1. The second-order valence-electron chi connectivity index (χ2n) is 3.21. The van der Waals surface area contributed by atoms with E-state index in [0.29, 0.717) is 5.56 Å². The van der Waals surface area contributed by atoms with Crippen molar-refractivity contribution in [1.82, 2.24) is 0 Å². The van der Waals surface area contributed by atoms with Crippen molar-refractivity contribution < 1.29 is 23.1 Å². The Morgan fingerprint density at radius 3 is 2.56 bits per heavy atom. The minimum atomic E-state index is -4.40. The summed E-state index contributed by atoms with van der Waals surface area (Å²) in [6, 6.07) is 4.64. The van der Waals surface area contributed by atoms with Crippen LogP contribution in [0, 0.1) is 0 Å². The van der Waals surface area contributed by atoms with Crippen LogP contribution in [0.15, 0.2) is 24.3 Å². The van der Waals surface area contributed by atoms with E-state index in [0.717, 1.165) is 12.1 Å². The Hall–Kier alpha value is -1.04. The molecular formula is C10H8BrF3O2. The quantitative estimate of drug-likeness (QED) is 0.870. The van der Waals surface area contributed by atoms with Gasteiger partial charge in [-0.15, -0.1) is 0 Å². The van der Waals surface area contributed by atoms with E-state index in [4.69, 9.17) is 5.11 Å². The molecule has 0 aromatic heterocycles. The number of halogens is 4. The minimum Gasteiger partial charge on any atom is -0.480 e. The molecule has 6 heteroatoms. The highest BCUT2D eigenvalue weighted by atomic mass is 79.9. The van der Waals surface area contributed by atoms with Crippen LogP contribution < -0.4 is 0 Å². The maximum absolute atomic E-state index is 12.3. The molecule has 2 nitrogen and oxygen atoms in total. The average molecular weight is 297 g/mol. The second-order valence-corrected chi connectivity index (χ2v) is 4.31. The Morgan fingerprint density at radius 1 is 1.44 bits per heavy atom. The van der Waals surface area contributed by atoms with Gasteiger partial charge in [0.1, 0.15) is 4.83 Å². The predicted molar refractivity (Wildman–Crippen MR) is 55.5 cm³/mol. The molecule has 0 aliphatic rings. The van der Waals surface area contributed by atoms with Crippen molar-refractivity contribution in [2.75, 3.05) is 0 Å². The van der Waals surface area contributed by atoms with Crippen LogP contribution >= 0.6 is 15.9 Å². The zero-order valence-corrected chi connectivity index (χ0v) is 9.55. The lowest BCUT2D eigenvalue weighted by Gasteiger charge is -2.09. The highest BCUT2D eigenvalue weighted by Crippen LogP contribution is 2.29. The van der Waals surface area contributed by atoms with E-state index in [1.54, 1.807) is 0 Å². The number of carbonyl (C=O) groups is 1. The summed E-state index contributed by atoms with van der Waals surface area (Å²) in [6.07, 6.45) is -4.39. The monoisotopic (exact) mass is 296 g/mol. The molecule has 0 fully saturated rings. The van der Waals surface area contributed by atoms with E-state index in [9.17, 15) is 18.0 Å². The fraction of sp³-hybridized carbons (Fsp3) is 0.300. The lowest BCUT2D eigenvalue weighted by molar-refractivity contribution is -0.137. The Balaban J connectivity index is 2.87. The second kappa shape index (κ2) is 4.86. The number of hydrogen-bond acceptors (Lipinski definition) is 1. The molecule has 0 radical (unpaired) electrons.